The lowest BCUT2D eigenvalue weighted by Gasteiger charge is -2.22. The van der Waals surface area contributed by atoms with Gasteiger partial charge in [0.05, 0.1) is 12.5 Å². The summed E-state index contributed by atoms with van der Waals surface area (Å²) in [6.45, 7) is 1.000. The monoisotopic (exact) mass is 436 g/mol. The van der Waals surface area contributed by atoms with Crippen LogP contribution in [0.25, 0.3) is 11.3 Å². The van der Waals surface area contributed by atoms with Crippen molar-refractivity contribution in [2.75, 3.05) is 13.6 Å². The van der Waals surface area contributed by atoms with Crippen LogP contribution in [0, 0.1) is 17.4 Å². The van der Waals surface area contributed by atoms with Crippen LogP contribution in [0.1, 0.15) is 12.2 Å². The lowest BCUT2D eigenvalue weighted by molar-refractivity contribution is -0.134. The molecule has 1 aliphatic heterocycles. The normalized spacial score (nSPS) is 20.0. The standard InChI is InChI=1S/C17H17IN4O2/c1-21(17(23)14-7-8-22(11-19)16(14)18)10-13-9-15(20-24-13)12-5-3-2-4-6-12/h2-6,9,14,16H,7-8,10H2,1H3. The number of amides is 1. The molecule has 0 N–H and O–H groups in total. The third kappa shape index (κ3) is 3.38. The molecule has 124 valence electrons. The van der Waals surface area contributed by atoms with Gasteiger partial charge in [-0.2, -0.15) is 5.26 Å². The summed E-state index contributed by atoms with van der Waals surface area (Å²) in [6.07, 6.45) is 2.84. The summed E-state index contributed by atoms with van der Waals surface area (Å²) in [7, 11) is 1.76. The molecule has 0 bridgehead atoms. The van der Waals surface area contributed by atoms with Crippen molar-refractivity contribution in [2.45, 2.75) is 17.0 Å². The van der Waals surface area contributed by atoms with Crippen LogP contribution in [-0.2, 0) is 11.3 Å². The Morgan fingerprint density at radius 2 is 2.25 bits per heavy atom. The number of carbonyl (C=O) groups excluding carboxylic acids is 1. The highest BCUT2D eigenvalue weighted by molar-refractivity contribution is 14.1. The minimum absolute atomic E-state index is 0.0322. The number of halogens is 1. The van der Waals surface area contributed by atoms with Crippen LogP contribution in [0.2, 0.25) is 0 Å². The van der Waals surface area contributed by atoms with Gasteiger partial charge in [-0.1, -0.05) is 58.1 Å². The van der Waals surface area contributed by atoms with Crippen molar-refractivity contribution >= 4 is 28.5 Å². The molecule has 2 unspecified atom stereocenters. The zero-order chi connectivity index (χ0) is 17.1. The number of carbonyl (C=O) groups is 1. The predicted octanol–water partition coefficient (Wildman–Crippen LogP) is 2.86. The van der Waals surface area contributed by atoms with Gasteiger partial charge in [0.25, 0.3) is 0 Å². The SMILES string of the molecule is CN(Cc1cc(-c2ccccc2)no1)C(=O)C1CCN(C#N)C1I. The molecule has 0 saturated carbocycles. The summed E-state index contributed by atoms with van der Waals surface area (Å²) in [4.78, 5) is 15.9. The van der Waals surface area contributed by atoms with Gasteiger partial charge in [0.15, 0.2) is 12.0 Å². The van der Waals surface area contributed by atoms with Crippen LogP contribution >= 0.6 is 22.6 Å². The van der Waals surface area contributed by atoms with Crippen molar-refractivity contribution in [1.82, 2.24) is 15.0 Å². The molecule has 2 aromatic rings. The smallest absolute Gasteiger partial charge is 0.228 e. The zero-order valence-corrected chi connectivity index (χ0v) is 15.4. The molecule has 2 atom stereocenters. The second-order valence-electron chi connectivity index (χ2n) is 5.80. The average Bonchev–Trinajstić information content (AvgIpc) is 3.21. The molecule has 0 radical (unpaired) electrons. The first-order valence-electron chi connectivity index (χ1n) is 7.66. The molecule has 1 aliphatic rings. The van der Waals surface area contributed by atoms with Gasteiger partial charge in [0, 0.05) is 25.2 Å². The first-order chi connectivity index (χ1) is 11.6. The van der Waals surface area contributed by atoms with Crippen LogP contribution in [0.15, 0.2) is 40.9 Å². The zero-order valence-electron chi connectivity index (χ0n) is 13.2. The maximum Gasteiger partial charge on any atom is 0.228 e. The quantitative estimate of drug-likeness (QED) is 0.319. The molecule has 0 aliphatic carbocycles. The maximum atomic E-state index is 12.6. The van der Waals surface area contributed by atoms with Gasteiger partial charge in [-0.3, -0.25) is 9.69 Å². The molecule has 7 heteroatoms. The lowest BCUT2D eigenvalue weighted by Crippen LogP contribution is -2.36. The fourth-order valence-electron chi connectivity index (χ4n) is 2.83. The van der Waals surface area contributed by atoms with Crippen LogP contribution in [0.4, 0.5) is 0 Å². The highest BCUT2D eigenvalue weighted by Gasteiger charge is 2.38. The number of nitrogens with zero attached hydrogens (tertiary/aromatic N) is 4. The minimum atomic E-state index is -0.160. The van der Waals surface area contributed by atoms with E-state index in [2.05, 4.69) is 33.9 Å². The Balaban J connectivity index is 1.65. The highest BCUT2D eigenvalue weighted by atomic mass is 127. The van der Waals surface area contributed by atoms with E-state index in [1.165, 1.54) is 0 Å². The number of aromatic nitrogens is 1. The topological polar surface area (TPSA) is 73.4 Å². The Labute approximate surface area is 154 Å². The number of benzene rings is 1. The molecule has 1 fully saturated rings. The summed E-state index contributed by atoms with van der Waals surface area (Å²) in [5.74, 6) is 0.515. The fourth-order valence-corrected chi connectivity index (χ4v) is 3.90. The van der Waals surface area contributed by atoms with Crippen LogP contribution in [0.3, 0.4) is 0 Å². The third-order valence-corrected chi connectivity index (χ3v) is 5.69. The molecule has 1 aromatic heterocycles. The van der Waals surface area contributed by atoms with Gasteiger partial charge in [-0.05, 0) is 6.42 Å². The van der Waals surface area contributed by atoms with Crippen molar-refractivity contribution < 1.29 is 9.32 Å². The minimum Gasteiger partial charge on any atom is -0.359 e. The van der Waals surface area contributed by atoms with Gasteiger partial charge in [-0.25, -0.2) is 0 Å². The summed E-state index contributed by atoms with van der Waals surface area (Å²) in [6, 6.07) is 11.6. The second-order valence-corrected chi connectivity index (χ2v) is 7.08. The number of hydrogen-bond acceptors (Lipinski definition) is 5. The Hall–Kier alpha value is -2.08. The van der Waals surface area contributed by atoms with E-state index in [-0.39, 0.29) is 15.9 Å². The molecule has 2 heterocycles. The molecule has 0 spiro atoms. The van der Waals surface area contributed by atoms with Crippen molar-refractivity contribution in [2.24, 2.45) is 5.92 Å². The number of likely N-dealkylation sites (tertiary alicyclic amines) is 1. The number of hydrogen-bond donors (Lipinski definition) is 0. The Bertz CT molecular complexity index is 755. The molecular formula is C17H17IN4O2. The van der Waals surface area contributed by atoms with E-state index in [1.54, 1.807) is 16.8 Å². The van der Waals surface area contributed by atoms with Crippen LogP contribution < -0.4 is 0 Å². The Morgan fingerprint density at radius 1 is 1.50 bits per heavy atom. The fraction of sp³-hybridized carbons (Fsp3) is 0.353. The second kappa shape index (κ2) is 7.21. The van der Waals surface area contributed by atoms with E-state index in [1.807, 2.05) is 36.4 Å². The Morgan fingerprint density at radius 3 is 2.92 bits per heavy atom. The first kappa shape index (κ1) is 16.8. The molecule has 3 rings (SSSR count). The van der Waals surface area contributed by atoms with Gasteiger partial charge in [-0.15, -0.1) is 0 Å². The maximum absolute atomic E-state index is 12.6. The van der Waals surface area contributed by atoms with Crippen molar-refractivity contribution in [3.05, 3.63) is 42.2 Å². The summed E-state index contributed by atoms with van der Waals surface area (Å²) < 4.78 is 5.28. The van der Waals surface area contributed by atoms with Crippen LogP contribution in [0.5, 0.6) is 0 Å². The summed E-state index contributed by atoms with van der Waals surface area (Å²) in [5, 5.41) is 13.1. The molecule has 1 amide bonds. The first-order valence-corrected chi connectivity index (χ1v) is 8.91. The molecule has 6 nitrogen and oxygen atoms in total. The molecule has 24 heavy (non-hydrogen) atoms. The van der Waals surface area contributed by atoms with Gasteiger partial charge < -0.3 is 9.42 Å². The van der Waals surface area contributed by atoms with Gasteiger partial charge in [0.2, 0.25) is 5.91 Å². The van der Waals surface area contributed by atoms with E-state index in [4.69, 9.17) is 9.78 Å². The Kier molecular flexibility index (Phi) is 5.04. The third-order valence-electron chi connectivity index (χ3n) is 4.15. The van der Waals surface area contributed by atoms with Crippen molar-refractivity contribution in [3.8, 4) is 17.5 Å². The average molecular weight is 436 g/mol. The summed E-state index contributed by atoms with van der Waals surface area (Å²) in [5.41, 5.74) is 1.74. The molecule has 1 aromatic carbocycles. The highest BCUT2D eigenvalue weighted by Crippen LogP contribution is 2.30. The predicted molar refractivity (Wildman–Crippen MR) is 96.6 cm³/mol. The largest absolute Gasteiger partial charge is 0.359 e. The van der Waals surface area contributed by atoms with E-state index in [0.29, 0.717) is 25.3 Å². The number of alkyl halides is 1. The van der Waals surface area contributed by atoms with E-state index in [0.717, 1.165) is 11.3 Å². The van der Waals surface area contributed by atoms with E-state index >= 15 is 0 Å². The van der Waals surface area contributed by atoms with Gasteiger partial charge in [0.1, 0.15) is 9.74 Å². The number of rotatable bonds is 4. The van der Waals surface area contributed by atoms with Crippen molar-refractivity contribution in [3.63, 3.8) is 0 Å². The van der Waals surface area contributed by atoms with Gasteiger partial charge >= 0.3 is 0 Å². The summed E-state index contributed by atoms with van der Waals surface area (Å²) >= 11 is 2.17. The molecular weight excluding hydrogens is 419 g/mol. The molecule has 1 saturated heterocycles. The lowest BCUT2D eigenvalue weighted by atomic mass is 10.1. The van der Waals surface area contributed by atoms with E-state index in [9.17, 15) is 4.79 Å². The number of nitriles is 1. The van der Waals surface area contributed by atoms with E-state index < -0.39 is 0 Å². The van der Waals surface area contributed by atoms with Crippen LogP contribution in [-0.4, -0.2) is 38.5 Å². The van der Waals surface area contributed by atoms with Crippen molar-refractivity contribution in [1.29, 1.82) is 5.26 Å².